The fourth-order valence-corrected chi connectivity index (χ4v) is 2.65. The summed E-state index contributed by atoms with van der Waals surface area (Å²) in [6, 6.07) is 17.8. The predicted molar refractivity (Wildman–Crippen MR) is 90.5 cm³/mol. The van der Waals surface area contributed by atoms with Gasteiger partial charge in [0, 0.05) is 10.0 Å². The lowest BCUT2D eigenvalue weighted by Crippen LogP contribution is -2.43. The molecule has 0 aromatic heterocycles. The van der Waals surface area contributed by atoms with Gasteiger partial charge in [0.15, 0.2) is 0 Å². The van der Waals surface area contributed by atoms with Crippen molar-refractivity contribution in [1.29, 1.82) is 0 Å². The first-order valence-corrected chi connectivity index (χ1v) is 7.88. The van der Waals surface area contributed by atoms with Gasteiger partial charge in [-0.05, 0) is 60.3 Å². The van der Waals surface area contributed by atoms with Crippen LogP contribution in [0.2, 0.25) is 0 Å². The summed E-state index contributed by atoms with van der Waals surface area (Å²) in [5.41, 5.74) is 1.72. The standard InChI is InChI=1S/C18H20BrNO/c1-18(2,13-12-14-8-4-3-5-9-14)20-17(21)15-10-6-7-11-16(15)19/h3-11H,12-13H2,1-2H3,(H,20,21). The number of amides is 1. The van der Waals surface area contributed by atoms with Crippen LogP contribution < -0.4 is 5.32 Å². The number of hydrogen-bond acceptors (Lipinski definition) is 1. The molecule has 2 aromatic carbocycles. The molecule has 2 aromatic rings. The highest BCUT2D eigenvalue weighted by Gasteiger charge is 2.21. The number of hydrogen-bond donors (Lipinski definition) is 1. The summed E-state index contributed by atoms with van der Waals surface area (Å²) in [6.07, 6.45) is 1.84. The maximum Gasteiger partial charge on any atom is 0.252 e. The van der Waals surface area contributed by atoms with Crippen LogP contribution in [0.3, 0.4) is 0 Å². The molecule has 0 saturated carbocycles. The second kappa shape index (κ2) is 6.90. The van der Waals surface area contributed by atoms with Gasteiger partial charge in [-0.2, -0.15) is 0 Å². The van der Waals surface area contributed by atoms with Gasteiger partial charge >= 0.3 is 0 Å². The average Bonchev–Trinajstić information content (AvgIpc) is 2.46. The molecule has 0 aliphatic rings. The SMILES string of the molecule is CC(C)(CCc1ccccc1)NC(=O)c1ccccc1Br. The Kier molecular flexibility index (Phi) is 5.18. The van der Waals surface area contributed by atoms with Crippen molar-refractivity contribution in [2.24, 2.45) is 0 Å². The molecule has 0 bridgehead atoms. The Bertz CT molecular complexity index is 608. The zero-order valence-corrected chi connectivity index (χ0v) is 14.0. The minimum atomic E-state index is -0.248. The number of halogens is 1. The van der Waals surface area contributed by atoms with E-state index >= 15 is 0 Å². The normalized spacial score (nSPS) is 11.2. The van der Waals surface area contributed by atoms with Crippen molar-refractivity contribution in [3.8, 4) is 0 Å². The van der Waals surface area contributed by atoms with E-state index in [1.165, 1.54) is 5.56 Å². The topological polar surface area (TPSA) is 29.1 Å². The number of rotatable bonds is 5. The summed E-state index contributed by atoms with van der Waals surface area (Å²) < 4.78 is 0.821. The fraction of sp³-hybridized carbons (Fsp3) is 0.278. The molecule has 0 heterocycles. The van der Waals surface area contributed by atoms with E-state index in [0.29, 0.717) is 5.56 Å². The number of carbonyl (C=O) groups is 1. The first-order chi connectivity index (χ1) is 9.98. The lowest BCUT2D eigenvalue weighted by Gasteiger charge is -2.26. The van der Waals surface area contributed by atoms with Crippen LogP contribution in [0.15, 0.2) is 59.1 Å². The molecule has 0 spiro atoms. The molecule has 0 radical (unpaired) electrons. The molecular formula is C18H20BrNO. The second-order valence-electron chi connectivity index (χ2n) is 5.80. The maximum atomic E-state index is 12.4. The molecule has 110 valence electrons. The van der Waals surface area contributed by atoms with E-state index in [2.05, 4.69) is 47.2 Å². The summed E-state index contributed by atoms with van der Waals surface area (Å²) in [7, 11) is 0. The largest absolute Gasteiger partial charge is 0.347 e. The molecule has 0 saturated heterocycles. The molecular weight excluding hydrogens is 326 g/mol. The molecule has 0 atom stereocenters. The first kappa shape index (κ1) is 15.8. The third-order valence-electron chi connectivity index (χ3n) is 3.45. The molecule has 1 N–H and O–H groups in total. The summed E-state index contributed by atoms with van der Waals surface area (Å²) in [5, 5.41) is 3.11. The van der Waals surface area contributed by atoms with Crippen molar-refractivity contribution < 1.29 is 4.79 Å². The number of aryl methyl sites for hydroxylation is 1. The lowest BCUT2D eigenvalue weighted by atomic mass is 9.95. The van der Waals surface area contributed by atoms with E-state index in [-0.39, 0.29) is 11.4 Å². The van der Waals surface area contributed by atoms with Gasteiger partial charge in [-0.1, -0.05) is 42.5 Å². The number of benzene rings is 2. The lowest BCUT2D eigenvalue weighted by molar-refractivity contribution is 0.0908. The van der Waals surface area contributed by atoms with Crippen molar-refractivity contribution in [3.05, 3.63) is 70.2 Å². The van der Waals surface area contributed by atoms with E-state index in [1.807, 2.05) is 42.5 Å². The van der Waals surface area contributed by atoms with Crippen LogP contribution in [0.25, 0.3) is 0 Å². The molecule has 3 heteroatoms. The van der Waals surface area contributed by atoms with Gasteiger partial charge in [-0.3, -0.25) is 4.79 Å². The van der Waals surface area contributed by atoms with Crippen LogP contribution in [-0.2, 0) is 6.42 Å². The average molecular weight is 346 g/mol. The molecule has 2 nitrogen and oxygen atoms in total. The fourth-order valence-electron chi connectivity index (χ4n) is 2.18. The van der Waals surface area contributed by atoms with E-state index < -0.39 is 0 Å². The van der Waals surface area contributed by atoms with Gasteiger partial charge in [0.25, 0.3) is 5.91 Å². The molecule has 0 fully saturated rings. The van der Waals surface area contributed by atoms with Crippen molar-refractivity contribution in [3.63, 3.8) is 0 Å². The summed E-state index contributed by atoms with van der Waals surface area (Å²) >= 11 is 3.42. The van der Waals surface area contributed by atoms with Crippen LogP contribution in [0.1, 0.15) is 36.2 Å². The number of nitrogens with one attached hydrogen (secondary N) is 1. The summed E-state index contributed by atoms with van der Waals surface area (Å²) in [6.45, 7) is 4.12. The maximum absolute atomic E-state index is 12.4. The van der Waals surface area contributed by atoms with Gasteiger partial charge in [0.1, 0.15) is 0 Å². The van der Waals surface area contributed by atoms with E-state index in [9.17, 15) is 4.79 Å². The summed E-state index contributed by atoms with van der Waals surface area (Å²) in [4.78, 5) is 12.4. The predicted octanol–water partition coefficient (Wildman–Crippen LogP) is 4.59. The Morgan fingerprint density at radius 1 is 1.05 bits per heavy atom. The first-order valence-electron chi connectivity index (χ1n) is 7.09. The highest BCUT2D eigenvalue weighted by atomic mass is 79.9. The molecule has 0 aliphatic heterocycles. The highest BCUT2D eigenvalue weighted by Crippen LogP contribution is 2.19. The van der Waals surface area contributed by atoms with Crippen LogP contribution in [0, 0.1) is 0 Å². The van der Waals surface area contributed by atoms with Crippen LogP contribution >= 0.6 is 15.9 Å². The molecule has 2 rings (SSSR count). The van der Waals surface area contributed by atoms with Crippen LogP contribution in [-0.4, -0.2) is 11.4 Å². The third-order valence-corrected chi connectivity index (χ3v) is 4.14. The van der Waals surface area contributed by atoms with Gasteiger partial charge in [-0.25, -0.2) is 0 Å². The molecule has 0 unspecified atom stereocenters. The Hall–Kier alpha value is -1.61. The Morgan fingerprint density at radius 3 is 2.33 bits per heavy atom. The zero-order valence-electron chi connectivity index (χ0n) is 12.4. The van der Waals surface area contributed by atoms with Crippen molar-refractivity contribution in [2.75, 3.05) is 0 Å². The van der Waals surface area contributed by atoms with Gasteiger partial charge in [-0.15, -0.1) is 0 Å². The highest BCUT2D eigenvalue weighted by molar-refractivity contribution is 9.10. The minimum Gasteiger partial charge on any atom is -0.347 e. The van der Waals surface area contributed by atoms with E-state index in [0.717, 1.165) is 17.3 Å². The molecule has 0 aliphatic carbocycles. The van der Waals surface area contributed by atoms with Crippen molar-refractivity contribution in [1.82, 2.24) is 5.32 Å². The second-order valence-corrected chi connectivity index (χ2v) is 6.66. The van der Waals surface area contributed by atoms with Crippen LogP contribution in [0.4, 0.5) is 0 Å². The Morgan fingerprint density at radius 2 is 1.67 bits per heavy atom. The zero-order chi connectivity index (χ0) is 15.3. The Labute approximate surface area is 134 Å². The molecule has 1 amide bonds. The van der Waals surface area contributed by atoms with Gasteiger partial charge in [0.2, 0.25) is 0 Å². The van der Waals surface area contributed by atoms with E-state index in [4.69, 9.17) is 0 Å². The number of carbonyl (C=O) groups excluding carboxylic acids is 1. The van der Waals surface area contributed by atoms with Crippen molar-refractivity contribution >= 4 is 21.8 Å². The van der Waals surface area contributed by atoms with Gasteiger partial charge in [0.05, 0.1) is 5.56 Å². The monoisotopic (exact) mass is 345 g/mol. The van der Waals surface area contributed by atoms with Crippen LogP contribution in [0.5, 0.6) is 0 Å². The summed E-state index contributed by atoms with van der Waals surface area (Å²) in [5.74, 6) is -0.0412. The minimum absolute atomic E-state index is 0.0412. The third kappa shape index (κ3) is 4.71. The quantitative estimate of drug-likeness (QED) is 0.843. The van der Waals surface area contributed by atoms with Gasteiger partial charge < -0.3 is 5.32 Å². The smallest absolute Gasteiger partial charge is 0.252 e. The van der Waals surface area contributed by atoms with E-state index in [1.54, 1.807) is 0 Å². The Balaban J connectivity index is 1.97. The van der Waals surface area contributed by atoms with Crippen molar-refractivity contribution in [2.45, 2.75) is 32.2 Å². The molecule has 21 heavy (non-hydrogen) atoms.